The third-order valence-corrected chi connectivity index (χ3v) is 6.87. The molecule has 3 rings (SSSR count). The number of methoxy groups -OCH3 is 1. The number of ether oxygens (including phenoxy) is 3. The molecule has 0 radical (unpaired) electrons. The Kier molecular flexibility index (Phi) is 13.1. The van der Waals surface area contributed by atoms with Crippen LogP contribution in [0.5, 0.6) is 5.75 Å². The van der Waals surface area contributed by atoms with Crippen molar-refractivity contribution in [3.05, 3.63) is 77.9 Å². The topological polar surface area (TPSA) is 120 Å². The van der Waals surface area contributed by atoms with Crippen molar-refractivity contribution in [1.82, 2.24) is 10.6 Å². The van der Waals surface area contributed by atoms with E-state index in [0.29, 0.717) is 25.0 Å². The van der Waals surface area contributed by atoms with E-state index in [-0.39, 0.29) is 25.3 Å². The number of hydrogen-bond acceptors (Lipinski definition) is 7. The lowest BCUT2D eigenvalue weighted by Gasteiger charge is -2.23. The summed E-state index contributed by atoms with van der Waals surface area (Å²) < 4.78 is 16.6. The summed E-state index contributed by atoms with van der Waals surface area (Å²) in [7, 11) is 1.57. The lowest BCUT2D eigenvalue weighted by Crippen LogP contribution is -2.48. The summed E-state index contributed by atoms with van der Waals surface area (Å²) >= 11 is 0. The van der Waals surface area contributed by atoms with E-state index in [1.54, 1.807) is 25.3 Å². The van der Waals surface area contributed by atoms with Crippen molar-refractivity contribution in [2.24, 2.45) is 5.92 Å². The molecule has 0 aromatic heterocycles. The fourth-order valence-electron chi connectivity index (χ4n) is 4.65. The first-order valence-corrected chi connectivity index (χ1v) is 14.5. The maximum atomic E-state index is 13.1. The molecule has 0 bridgehead atoms. The molecular formula is C33H42N2O7. The number of nitrogens with one attached hydrogen (secondary N) is 2. The summed E-state index contributed by atoms with van der Waals surface area (Å²) in [6, 6.07) is 16.4. The van der Waals surface area contributed by atoms with Crippen LogP contribution in [0.1, 0.15) is 57.1 Å². The maximum Gasteiger partial charge on any atom is 0.347 e. The molecule has 42 heavy (non-hydrogen) atoms. The molecule has 3 atom stereocenters. The average molecular weight is 579 g/mol. The van der Waals surface area contributed by atoms with Crippen LogP contribution >= 0.6 is 0 Å². The predicted octanol–water partition coefficient (Wildman–Crippen LogP) is 4.08. The fraction of sp³-hybridized carbons (Fsp3) is 0.455. The van der Waals surface area contributed by atoms with E-state index in [2.05, 4.69) is 10.6 Å². The van der Waals surface area contributed by atoms with Crippen molar-refractivity contribution in [1.29, 1.82) is 0 Å². The molecule has 9 heteroatoms. The van der Waals surface area contributed by atoms with Crippen LogP contribution in [0.15, 0.2) is 66.7 Å². The quantitative estimate of drug-likeness (QED) is 0.430. The Balaban J connectivity index is 1.76. The van der Waals surface area contributed by atoms with Gasteiger partial charge in [0.1, 0.15) is 17.9 Å². The number of amides is 2. The van der Waals surface area contributed by atoms with Crippen LogP contribution in [0.25, 0.3) is 0 Å². The highest BCUT2D eigenvalue weighted by atomic mass is 16.6. The molecule has 1 heterocycles. The first-order chi connectivity index (χ1) is 20.2. The summed E-state index contributed by atoms with van der Waals surface area (Å²) in [6.07, 6.45) is 4.33. The maximum absolute atomic E-state index is 13.1. The van der Waals surface area contributed by atoms with Gasteiger partial charge in [0.05, 0.1) is 13.5 Å². The molecule has 0 saturated carbocycles. The highest BCUT2D eigenvalue weighted by molar-refractivity contribution is 5.93. The number of carbonyl (C=O) groups excluding carboxylic acids is 4. The van der Waals surface area contributed by atoms with Gasteiger partial charge in [-0.1, -0.05) is 62.4 Å². The van der Waals surface area contributed by atoms with Crippen molar-refractivity contribution in [2.45, 2.75) is 77.0 Å². The summed E-state index contributed by atoms with van der Waals surface area (Å²) in [4.78, 5) is 51.6. The minimum Gasteiger partial charge on any atom is -0.497 e. The number of rotatable bonds is 9. The number of carbonyl (C=O) groups is 4. The monoisotopic (exact) mass is 578 g/mol. The van der Waals surface area contributed by atoms with Crippen molar-refractivity contribution < 1.29 is 33.4 Å². The van der Waals surface area contributed by atoms with Gasteiger partial charge >= 0.3 is 11.9 Å². The zero-order valence-corrected chi connectivity index (χ0v) is 24.7. The van der Waals surface area contributed by atoms with Gasteiger partial charge in [-0.2, -0.15) is 0 Å². The van der Waals surface area contributed by atoms with Gasteiger partial charge in [0.15, 0.2) is 6.10 Å². The molecule has 2 aromatic carbocycles. The van der Waals surface area contributed by atoms with Gasteiger partial charge in [0.2, 0.25) is 11.8 Å². The minimum atomic E-state index is -1.05. The van der Waals surface area contributed by atoms with E-state index in [4.69, 9.17) is 14.2 Å². The third-order valence-electron chi connectivity index (χ3n) is 6.87. The molecule has 0 fully saturated rings. The molecule has 226 valence electrons. The molecule has 2 amide bonds. The highest BCUT2D eigenvalue weighted by Crippen LogP contribution is 2.18. The number of esters is 2. The zero-order chi connectivity index (χ0) is 30.3. The molecule has 0 aliphatic carbocycles. The summed E-state index contributed by atoms with van der Waals surface area (Å²) in [5, 5.41) is 5.46. The van der Waals surface area contributed by atoms with Gasteiger partial charge in [-0.3, -0.25) is 14.4 Å². The van der Waals surface area contributed by atoms with E-state index in [0.717, 1.165) is 18.4 Å². The molecule has 0 unspecified atom stereocenters. The van der Waals surface area contributed by atoms with Crippen molar-refractivity contribution >= 4 is 23.8 Å². The first kappa shape index (κ1) is 32.4. The second-order valence-corrected chi connectivity index (χ2v) is 10.8. The first-order valence-electron chi connectivity index (χ1n) is 14.5. The number of cyclic esters (lactones) is 2. The lowest BCUT2D eigenvalue weighted by atomic mass is 10.0. The Labute approximate surface area is 248 Å². The normalized spacial score (nSPS) is 21.6. The Hall–Kier alpha value is -4.14. The van der Waals surface area contributed by atoms with Crippen LogP contribution in [0.2, 0.25) is 0 Å². The molecule has 2 aromatic rings. The Morgan fingerprint density at radius 3 is 2.38 bits per heavy atom. The smallest absolute Gasteiger partial charge is 0.347 e. The second kappa shape index (κ2) is 17.0. The van der Waals surface area contributed by atoms with Crippen molar-refractivity contribution in [2.75, 3.05) is 13.7 Å². The summed E-state index contributed by atoms with van der Waals surface area (Å²) in [6.45, 7) is 3.86. The lowest BCUT2D eigenvalue weighted by molar-refractivity contribution is -0.172. The zero-order valence-electron chi connectivity index (χ0n) is 24.7. The standard InChI is InChI=1S/C33H42N2O7/c1-23(2)21-29-33(39)41-27(12-7-11-24-9-5-4-6-10-24)13-8-14-30(36)35-28(32(38)34-20-19-31(37)42-29)22-25-15-17-26(40-3)18-16-25/h4-6,8-10,14-18,23,27-29H,7,11-13,19-22H2,1-3H3,(H,34,38)(H,35,36)/b14-8+/t27-,28-,29+/m1/s1. The van der Waals surface area contributed by atoms with E-state index in [1.165, 1.54) is 11.6 Å². The van der Waals surface area contributed by atoms with E-state index in [9.17, 15) is 19.2 Å². The molecule has 1 aliphatic rings. The van der Waals surface area contributed by atoms with Crippen molar-refractivity contribution in [3.63, 3.8) is 0 Å². The summed E-state index contributed by atoms with van der Waals surface area (Å²) in [5.41, 5.74) is 2.01. The molecule has 0 saturated heterocycles. The van der Waals surface area contributed by atoms with Crippen LogP contribution in [0.3, 0.4) is 0 Å². The Morgan fingerprint density at radius 1 is 0.952 bits per heavy atom. The average Bonchev–Trinajstić information content (AvgIpc) is 2.96. The van der Waals surface area contributed by atoms with Gasteiger partial charge < -0.3 is 24.8 Å². The molecular weight excluding hydrogens is 536 g/mol. The highest BCUT2D eigenvalue weighted by Gasteiger charge is 2.28. The minimum absolute atomic E-state index is 0.00591. The fourth-order valence-corrected chi connectivity index (χ4v) is 4.65. The number of aryl methyl sites for hydroxylation is 1. The van der Waals surface area contributed by atoms with E-state index in [1.807, 2.05) is 56.3 Å². The third kappa shape index (κ3) is 11.4. The Bertz CT molecular complexity index is 1190. The largest absolute Gasteiger partial charge is 0.497 e. The summed E-state index contributed by atoms with van der Waals surface area (Å²) in [5.74, 6) is -1.32. The van der Waals surface area contributed by atoms with Crippen LogP contribution < -0.4 is 15.4 Å². The van der Waals surface area contributed by atoms with Crippen LogP contribution in [0, 0.1) is 5.92 Å². The van der Waals surface area contributed by atoms with Gasteiger partial charge in [0.25, 0.3) is 0 Å². The van der Waals surface area contributed by atoms with Gasteiger partial charge in [-0.15, -0.1) is 0 Å². The molecule has 2 N–H and O–H groups in total. The number of benzene rings is 2. The second-order valence-electron chi connectivity index (χ2n) is 10.8. The molecule has 0 spiro atoms. The van der Waals surface area contributed by atoms with Crippen LogP contribution in [-0.4, -0.2) is 55.7 Å². The van der Waals surface area contributed by atoms with Crippen LogP contribution in [-0.2, 0) is 41.5 Å². The SMILES string of the molecule is COc1ccc(C[C@H]2NC(=O)/C=C/C[C@@H](CCCc3ccccc3)OC(=O)[C@H](CC(C)C)OC(=O)CCNC2=O)cc1. The van der Waals surface area contributed by atoms with Gasteiger partial charge in [-0.25, -0.2) is 4.79 Å². The van der Waals surface area contributed by atoms with E-state index >= 15 is 0 Å². The predicted molar refractivity (Wildman–Crippen MR) is 159 cm³/mol. The molecule has 1 aliphatic heterocycles. The van der Waals surface area contributed by atoms with Crippen LogP contribution in [0.4, 0.5) is 0 Å². The molecule has 9 nitrogen and oxygen atoms in total. The van der Waals surface area contributed by atoms with E-state index < -0.39 is 42.0 Å². The van der Waals surface area contributed by atoms with Gasteiger partial charge in [-0.05, 0) is 60.9 Å². The van der Waals surface area contributed by atoms with Gasteiger partial charge in [0, 0.05) is 19.4 Å². The Morgan fingerprint density at radius 2 is 1.69 bits per heavy atom. The number of hydrogen-bond donors (Lipinski definition) is 2. The van der Waals surface area contributed by atoms with Crippen molar-refractivity contribution in [3.8, 4) is 5.75 Å².